The average Bonchev–Trinajstić information content (AvgIpc) is 3.11. The number of carbonyl (C=O) groups is 2. The molecule has 0 saturated heterocycles. The van der Waals surface area contributed by atoms with Crippen LogP contribution in [0.1, 0.15) is 26.4 Å². The molecule has 0 fully saturated rings. The summed E-state index contributed by atoms with van der Waals surface area (Å²) in [5.41, 5.74) is 7.91. The number of thiophene rings is 1. The van der Waals surface area contributed by atoms with Gasteiger partial charge in [0.15, 0.2) is 9.84 Å². The number of sulfone groups is 1. The van der Waals surface area contributed by atoms with Crippen molar-refractivity contribution in [3.8, 4) is 0 Å². The first-order chi connectivity index (χ1) is 15.7. The predicted molar refractivity (Wildman–Crippen MR) is 129 cm³/mol. The van der Waals surface area contributed by atoms with Gasteiger partial charge in [-0.25, -0.2) is 8.42 Å². The van der Waals surface area contributed by atoms with Crippen molar-refractivity contribution in [2.45, 2.75) is 24.4 Å². The highest BCUT2D eigenvalue weighted by Gasteiger charge is 2.29. The summed E-state index contributed by atoms with van der Waals surface area (Å²) in [6.45, 7) is 2.14. The molecule has 3 N–H and O–H groups in total. The standard InChI is InChI=1S/C23H22ClN3O4S2/c24-16-6-8-17(9-7-16)33(30,31)14-20(28)26-23-21(22(25)29)18-10-11-27(13-19(18)32-23)12-15-4-2-1-3-5-15/h1-9H,10-14H2,(H2,25,29)(H,26,28). The van der Waals surface area contributed by atoms with E-state index < -0.39 is 27.4 Å². The number of amides is 2. The Morgan fingerprint density at radius 3 is 2.45 bits per heavy atom. The van der Waals surface area contributed by atoms with Gasteiger partial charge in [0.1, 0.15) is 10.8 Å². The van der Waals surface area contributed by atoms with Crippen LogP contribution in [-0.2, 0) is 34.1 Å². The second-order valence-corrected chi connectivity index (χ2v) is 11.3. The van der Waals surface area contributed by atoms with Gasteiger partial charge in [-0.1, -0.05) is 41.9 Å². The van der Waals surface area contributed by atoms with Gasteiger partial charge in [0.2, 0.25) is 5.91 Å². The molecule has 0 saturated carbocycles. The second-order valence-electron chi connectivity index (χ2n) is 7.78. The highest BCUT2D eigenvalue weighted by molar-refractivity contribution is 7.92. The molecule has 0 radical (unpaired) electrons. The van der Waals surface area contributed by atoms with E-state index in [1.165, 1.54) is 41.2 Å². The van der Waals surface area contributed by atoms with E-state index in [1.807, 2.05) is 18.2 Å². The van der Waals surface area contributed by atoms with Crippen LogP contribution in [0.25, 0.3) is 0 Å². The van der Waals surface area contributed by atoms with Gasteiger partial charge in [-0.05, 0) is 41.8 Å². The number of fused-ring (bicyclic) bond motifs is 1. The number of anilines is 1. The van der Waals surface area contributed by atoms with Crippen molar-refractivity contribution in [3.63, 3.8) is 0 Å². The minimum absolute atomic E-state index is 0.000738. The zero-order valence-corrected chi connectivity index (χ0v) is 20.0. The normalized spacial score (nSPS) is 14.0. The van der Waals surface area contributed by atoms with Crippen molar-refractivity contribution in [2.24, 2.45) is 5.73 Å². The van der Waals surface area contributed by atoms with Crippen LogP contribution in [0.4, 0.5) is 5.00 Å². The fourth-order valence-corrected chi connectivity index (χ4v) is 6.41. The average molecular weight is 504 g/mol. The highest BCUT2D eigenvalue weighted by Crippen LogP contribution is 2.37. The molecule has 4 rings (SSSR count). The van der Waals surface area contributed by atoms with Crippen LogP contribution in [0.2, 0.25) is 5.02 Å². The zero-order valence-electron chi connectivity index (χ0n) is 17.6. The van der Waals surface area contributed by atoms with E-state index in [9.17, 15) is 18.0 Å². The predicted octanol–water partition coefficient (Wildman–Crippen LogP) is 3.47. The van der Waals surface area contributed by atoms with Crippen LogP contribution >= 0.6 is 22.9 Å². The molecule has 172 valence electrons. The smallest absolute Gasteiger partial charge is 0.251 e. The van der Waals surface area contributed by atoms with Gasteiger partial charge in [-0.2, -0.15) is 0 Å². The number of nitrogens with zero attached hydrogens (tertiary/aromatic N) is 1. The van der Waals surface area contributed by atoms with Gasteiger partial charge < -0.3 is 11.1 Å². The van der Waals surface area contributed by atoms with E-state index in [4.69, 9.17) is 17.3 Å². The van der Waals surface area contributed by atoms with E-state index >= 15 is 0 Å². The minimum Gasteiger partial charge on any atom is -0.365 e. The molecule has 3 aromatic rings. The first kappa shape index (κ1) is 23.4. The van der Waals surface area contributed by atoms with Gasteiger partial charge >= 0.3 is 0 Å². The number of carbonyl (C=O) groups excluding carboxylic acids is 2. The van der Waals surface area contributed by atoms with Crippen LogP contribution in [-0.4, -0.2) is 37.4 Å². The Hall–Kier alpha value is -2.72. The molecule has 10 heteroatoms. The molecule has 1 aliphatic rings. The molecule has 0 aliphatic carbocycles. The number of nitrogens with two attached hydrogens (primary N) is 1. The third-order valence-corrected chi connectivity index (χ3v) is 8.39. The summed E-state index contributed by atoms with van der Waals surface area (Å²) < 4.78 is 25.2. The van der Waals surface area contributed by atoms with Crippen molar-refractivity contribution in [1.29, 1.82) is 0 Å². The van der Waals surface area contributed by atoms with Crippen molar-refractivity contribution in [3.05, 3.63) is 81.2 Å². The van der Waals surface area contributed by atoms with Crippen molar-refractivity contribution in [2.75, 3.05) is 17.6 Å². The second kappa shape index (κ2) is 9.64. The number of hydrogen-bond donors (Lipinski definition) is 2. The molecule has 2 heterocycles. The number of halogens is 1. The molecule has 0 spiro atoms. The van der Waals surface area contributed by atoms with Crippen molar-refractivity contribution in [1.82, 2.24) is 4.90 Å². The summed E-state index contributed by atoms with van der Waals surface area (Å²) in [4.78, 5) is 28.0. The Bertz CT molecular complexity index is 1290. The molecule has 1 aliphatic heterocycles. The Morgan fingerprint density at radius 1 is 1.09 bits per heavy atom. The third kappa shape index (κ3) is 5.44. The molecular weight excluding hydrogens is 482 g/mol. The van der Waals surface area contributed by atoms with E-state index in [2.05, 4.69) is 22.3 Å². The molecule has 33 heavy (non-hydrogen) atoms. The van der Waals surface area contributed by atoms with E-state index in [1.54, 1.807) is 0 Å². The monoisotopic (exact) mass is 503 g/mol. The van der Waals surface area contributed by atoms with Crippen LogP contribution in [0.3, 0.4) is 0 Å². The Morgan fingerprint density at radius 2 is 1.79 bits per heavy atom. The lowest BCUT2D eigenvalue weighted by Crippen LogP contribution is -2.30. The van der Waals surface area contributed by atoms with E-state index in [0.29, 0.717) is 23.0 Å². The minimum atomic E-state index is -3.87. The summed E-state index contributed by atoms with van der Waals surface area (Å²) in [6.07, 6.45) is 0.621. The van der Waals surface area contributed by atoms with Gasteiger partial charge in [-0.15, -0.1) is 11.3 Å². The number of nitrogens with one attached hydrogen (secondary N) is 1. The first-order valence-corrected chi connectivity index (χ1v) is 13.1. The van der Waals surface area contributed by atoms with Gasteiger partial charge in [-0.3, -0.25) is 14.5 Å². The van der Waals surface area contributed by atoms with E-state index in [0.717, 1.165) is 23.5 Å². The van der Waals surface area contributed by atoms with Crippen LogP contribution in [0, 0.1) is 0 Å². The molecule has 0 unspecified atom stereocenters. The number of hydrogen-bond acceptors (Lipinski definition) is 6. The SMILES string of the molecule is NC(=O)c1c(NC(=O)CS(=O)(=O)c2ccc(Cl)cc2)sc2c1CCN(Cc1ccccc1)C2. The van der Waals surface area contributed by atoms with Crippen LogP contribution in [0.5, 0.6) is 0 Å². The van der Waals surface area contributed by atoms with Crippen LogP contribution < -0.4 is 11.1 Å². The van der Waals surface area contributed by atoms with Gasteiger partial charge in [0, 0.05) is 29.5 Å². The largest absolute Gasteiger partial charge is 0.365 e. The maximum atomic E-state index is 12.6. The molecule has 0 bridgehead atoms. The lowest BCUT2D eigenvalue weighted by molar-refractivity contribution is -0.113. The topological polar surface area (TPSA) is 110 Å². The molecule has 0 atom stereocenters. The molecular formula is C23H22ClN3O4S2. The molecule has 1 aromatic heterocycles. The highest BCUT2D eigenvalue weighted by atomic mass is 35.5. The third-order valence-electron chi connectivity index (χ3n) is 5.38. The Kier molecular flexibility index (Phi) is 6.85. The first-order valence-electron chi connectivity index (χ1n) is 10.2. The molecule has 2 aromatic carbocycles. The van der Waals surface area contributed by atoms with Gasteiger partial charge in [0.05, 0.1) is 10.5 Å². The summed E-state index contributed by atoms with van der Waals surface area (Å²) in [5, 5.41) is 3.30. The molecule has 7 nitrogen and oxygen atoms in total. The Balaban J connectivity index is 1.51. The summed E-state index contributed by atoms with van der Waals surface area (Å²) >= 11 is 7.08. The number of rotatable bonds is 7. The van der Waals surface area contributed by atoms with Crippen LogP contribution in [0.15, 0.2) is 59.5 Å². The quantitative estimate of drug-likeness (QED) is 0.513. The fourth-order valence-electron chi connectivity index (χ4n) is 3.84. The maximum Gasteiger partial charge on any atom is 0.251 e. The maximum absolute atomic E-state index is 12.6. The van der Waals surface area contributed by atoms with Gasteiger partial charge in [0.25, 0.3) is 5.91 Å². The lowest BCUT2D eigenvalue weighted by atomic mass is 10.0. The fraction of sp³-hybridized carbons (Fsp3) is 0.217. The number of benzene rings is 2. The summed E-state index contributed by atoms with van der Waals surface area (Å²) in [5.74, 6) is -2.12. The summed E-state index contributed by atoms with van der Waals surface area (Å²) in [6, 6.07) is 15.7. The lowest BCUT2D eigenvalue weighted by Gasteiger charge is -2.27. The van der Waals surface area contributed by atoms with Crippen molar-refractivity contribution >= 4 is 49.6 Å². The van der Waals surface area contributed by atoms with E-state index in [-0.39, 0.29) is 10.5 Å². The Labute approximate surface area is 201 Å². The number of primary amides is 1. The zero-order chi connectivity index (χ0) is 23.6. The summed E-state index contributed by atoms with van der Waals surface area (Å²) in [7, 11) is -3.87. The molecule has 2 amide bonds. The van der Waals surface area contributed by atoms with Crippen molar-refractivity contribution < 1.29 is 18.0 Å².